The van der Waals surface area contributed by atoms with Gasteiger partial charge in [-0.25, -0.2) is 4.98 Å². The number of aryl methyl sites for hydroxylation is 1. The van der Waals surface area contributed by atoms with Gasteiger partial charge in [0.1, 0.15) is 17.3 Å². The maximum Gasteiger partial charge on any atom is 0.573 e. The number of ether oxygens (including phenoxy) is 1. The van der Waals surface area contributed by atoms with Gasteiger partial charge in [0.2, 0.25) is 0 Å². The summed E-state index contributed by atoms with van der Waals surface area (Å²) in [6.45, 7) is 3.38. The van der Waals surface area contributed by atoms with Crippen molar-refractivity contribution < 1.29 is 27.5 Å². The second-order valence-corrected chi connectivity index (χ2v) is 8.15. The van der Waals surface area contributed by atoms with E-state index in [1.807, 2.05) is 19.1 Å². The topological polar surface area (TPSA) is 110 Å². The van der Waals surface area contributed by atoms with E-state index in [-0.39, 0.29) is 17.4 Å². The average molecular weight is 485 g/mol. The van der Waals surface area contributed by atoms with Crippen molar-refractivity contribution in [3.8, 4) is 5.75 Å². The number of carbonyl (C=O) groups excluding carboxylic acids is 2. The van der Waals surface area contributed by atoms with Crippen LogP contribution in [0.15, 0.2) is 54.9 Å². The lowest BCUT2D eigenvalue weighted by Crippen LogP contribution is -2.21. The Morgan fingerprint density at radius 1 is 1.11 bits per heavy atom. The Bertz CT molecular complexity index is 1270. The number of alkyl halides is 3. The van der Waals surface area contributed by atoms with E-state index in [1.54, 1.807) is 24.4 Å². The van der Waals surface area contributed by atoms with Crippen LogP contribution >= 0.6 is 0 Å². The highest BCUT2D eigenvalue weighted by molar-refractivity contribution is 6.04. The van der Waals surface area contributed by atoms with Crippen LogP contribution < -0.4 is 20.7 Å². The quantitative estimate of drug-likeness (QED) is 0.546. The van der Waals surface area contributed by atoms with Gasteiger partial charge in [-0.05, 0) is 54.8 Å². The van der Waals surface area contributed by atoms with E-state index in [9.17, 15) is 22.8 Å². The molecular formula is C24H22F3N5O3. The molecule has 11 heteroatoms. The van der Waals surface area contributed by atoms with Gasteiger partial charge >= 0.3 is 6.36 Å². The van der Waals surface area contributed by atoms with Crippen molar-refractivity contribution in [2.45, 2.75) is 25.6 Å². The van der Waals surface area contributed by atoms with Crippen molar-refractivity contribution in [2.75, 3.05) is 23.3 Å². The first-order chi connectivity index (χ1) is 16.6. The molecule has 182 valence electrons. The molecule has 2 amide bonds. The number of carbonyl (C=O) groups is 2. The molecule has 2 aromatic heterocycles. The number of aromatic nitrogens is 2. The van der Waals surface area contributed by atoms with Crippen molar-refractivity contribution in [3.63, 3.8) is 0 Å². The van der Waals surface area contributed by atoms with Gasteiger partial charge in [0.05, 0.1) is 0 Å². The number of pyridine rings is 2. The fraction of sp³-hybridized carbons (Fsp3) is 0.250. The Labute approximate surface area is 198 Å². The first kappa shape index (κ1) is 24.0. The number of amides is 2. The van der Waals surface area contributed by atoms with Gasteiger partial charge in [-0.1, -0.05) is 6.07 Å². The molecule has 1 aromatic carbocycles. The summed E-state index contributed by atoms with van der Waals surface area (Å²) in [4.78, 5) is 34.2. The van der Waals surface area contributed by atoms with Gasteiger partial charge in [-0.3, -0.25) is 14.6 Å². The maximum absolute atomic E-state index is 12.8. The largest absolute Gasteiger partial charge is 0.573 e. The molecule has 1 fully saturated rings. The summed E-state index contributed by atoms with van der Waals surface area (Å²) in [6, 6.07) is 10.8. The highest BCUT2D eigenvalue weighted by Crippen LogP contribution is 2.33. The lowest BCUT2D eigenvalue weighted by molar-refractivity contribution is -0.274. The zero-order valence-corrected chi connectivity index (χ0v) is 18.7. The fourth-order valence-corrected chi connectivity index (χ4v) is 4.09. The summed E-state index contributed by atoms with van der Waals surface area (Å²) < 4.78 is 41.3. The highest BCUT2D eigenvalue weighted by Gasteiger charge is 2.31. The third-order valence-corrected chi connectivity index (χ3v) is 5.74. The van der Waals surface area contributed by atoms with E-state index in [4.69, 9.17) is 5.73 Å². The monoisotopic (exact) mass is 485 g/mol. The summed E-state index contributed by atoms with van der Waals surface area (Å²) in [5.74, 6) is -1.50. The number of nitrogens with two attached hydrogens (primary N) is 1. The first-order valence-electron chi connectivity index (χ1n) is 10.7. The number of halogens is 3. The lowest BCUT2D eigenvalue weighted by atomic mass is 9.92. The molecule has 4 rings (SSSR count). The van der Waals surface area contributed by atoms with Gasteiger partial charge in [0.15, 0.2) is 0 Å². The SMILES string of the molecule is Cc1ccc(C(=O)Nc2cc(OC(F)(F)F)ccn2)cc1[C@@H]1CCN(c2ccnc(C(N)=O)c2)C1. The standard InChI is InChI=1S/C24H22F3N5O3/c1-14-2-3-15(23(34)31-21-12-18(5-8-30-21)35-24(25,26)27)10-19(14)16-6-9-32(13-16)17-4-7-29-20(11-17)22(28)33/h2-5,7-8,10-12,16H,6,9,13H2,1H3,(H2,28,33)(H,30,31,34)/t16-/m1/s1. The Balaban J connectivity index is 1.48. The number of hydrogen-bond donors (Lipinski definition) is 2. The van der Waals surface area contributed by atoms with Crippen LogP contribution in [0.25, 0.3) is 0 Å². The number of primary amides is 1. The molecule has 0 spiro atoms. The number of benzene rings is 1. The summed E-state index contributed by atoms with van der Waals surface area (Å²) in [7, 11) is 0. The Morgan fingerprint density at radius 3 is 2.63 bits per heavy atom. The third kappa shape index (κ3) is 5.86. The van der Waals surface area contributed by atoms with Crippen molar-refractivity contribution in [1.82, 2.24) is 9.97 Å². The number of hydrogen-bond acceptors (Lipinski definition) is 6. The van der Waals surface area contributed by atoms with Crippen LogP contribution in [-0.2, 0) is 0 Å². The van der Waals surface area contributed by atoms with Crippen LogP contribution in [0, 0.1) is 6.92 Å². The van der Waals surface area contributed by atoms with Crippen LogP contribution in [0.3, 0.4) is 0 Å². The zero-order valence-electron chi connectivity index (χ0n) is 18.7. The van der Waals surface area contributed by atoms with Crippen molar-refractivity contribution in [1.29, 1.82) is 0 Å². The van der Waals surface area contributed by atoms with E-state index in [2.05, 4.69) is 24.9 Å². The van der Waals surface area contributed by atoms with Crippen molar-refractivity contribution >= 4 is 23.3 Å². The van der Waals surface area contributed by atoms with E-state index in [0.717, 1.165) is 48.1 Å². The number of nitrogens with zero attached hydrogens (tertiary/aromatic N) is 3. The Hall–Kier alpha value is -4.15. The van der Waals surface area contributed by atoms with Gasteiger partial charge in [0, 0.05) is 48.7 Å². The van der Waals surface area contributed by atoms with E-state index >= 15 is 0 Å². The molecular weight excluding hydrogens is 463 g/mol. The Kier molecular flexibility index (Phi) is 6.59. The number of nitrogens with one attached hydrogen (secondary N) is 1. The minimum absolute atomic E-state index is 0.0612. The first-order valence-corrected chi connectivity index (χ1v) is 10.7. The lowest BCUT2D eigenvalue weighted by Gasteiger charge is -2.20. The molecule has 1 aliphatic rings. The highest BCUT2D eigenvalue weighted by atomic mass is 19.4. The normalized spacial score (nSPS) is 15.7. The molecule has 3 N–H and O–H groups in total. The van der Waals surface area contributed by atoms with Gasteiger partial charge in [-0.15, -0.1) is 13.2 Å². The second-order valence-electron chi connectivity index (χ2n) is 8.15. The van der Waals surface area contributed by atoms with Gasteiger partial charge < -0.3 is 20.7 Å². The molecule has 0 radical (unpaired) electrons. The minimum atomic E-state index is -4.85. The predicted molar refractivity (Wildman–Crippen MR) is 122 cm³/mol. The number of anilines is 2. The van der Waals surface area contributed by atoms with E-state index in [1.165, 1.54) is 0 Å². The van der Waals surface area contributed by atoms with Crippen LogP contribution in [-0.4, -0.2) is 41.2 Å². The zero-order chi connectivity index (χ0) is 25.2. The van der Waals surface area contributed by atoms with Crippen LogP contribution in [0.2, 0.25) is 0 Å². The molecule has 35 heavy (non-hydrogen) atoms. The van der Waals surface area contributed by atoms with Crippen LogP contribution in [0.5, 0.6) is 5.75 Å². The maximum atomic E-state index is 12.8. The van der Waals surface area contributed by atoms with Gasteiger partial charge in [0.25, 0.3) is 11.8 Å². The summed E-state index contributed by atoms with van der Waals surface area (Å²) in [5, 5.41) is 2.51. The number of rotatable bonds is 6. The summed E-state index contributed by atoms with van der Waals surface area (Å²) in [5.41, 5.74) is 8.73. The molecule has 0 saturated carbocycles. The molecule has 0 aliphatic carbocycles. The molecule has 1 saturated heterocycles. The average Bonchev–Trinajstić information content (AvgIpc) is 3.28. The van der Waals surface area contributed by atoms with E-state index in [0.29, 0.717) is 12.1 Å². The van der Waals surface area contributed by atoms with Crippen LogP contribution in [0.4, 0.5) is 24.7 Å². The Morgan fingerprint density at radius 2 is 1.89 bits per heavy atom. The van der Waals surface area contributed by atoms with Crippen molar-refractivity contribution in [2.24, 2.45) is 5.73 Å². The predicted octanol–water partition coefficient (Wildman–Crippen LogP) is 4.03. The molecule has 0 unspecified atom stereocenters. The minimum Gasteiger partial charge on any atom is -0.406 e. The molecule has 1 atom stereocenters. The molecule has 3 aromatic rings. The molecule has 3 heterocycles. The summed E-state index contributed by atoms with van der Waals surface area (Å²) >= 11 is 0. The fourth-order valence-electron chi connectivity index (χ4n) is 4.09. The van der Waals surface area contributed by atoms with Crippen molar-refractivity contribution in [3.05, 3.63) is 77.2 Å². The summed E-state index contributed by atoms with van der Waals surface area (Å²) in [6.07, 6.45) is -1.35. The third-order valence-electron chi connectivity index (χ3n) is 5.74. The van der Waals surface area contributed by atoms with Crippen LogP contribution in [0.1, 0.15) is 44.3 Å². The van der Waals surface area contributed by atoms with Gasteiger partial charge in [-0.2, -0.15) is 0 Å². The molecule has 0 bridgehead atoms. The van der Waals surface area contributed by atoms with E-state index < -0.39 is 23.9 Å². The molecule has 8 nitrogen and oxygen atoms in total. The smallest absolute Gasteiger partial charge is 0.406 e. The second kappa shape index (κ2) is 9.61. The molecule has 1 aliphatic heterocycles.